The molecule has 0 heterocycles. The molecule has 2 unspecified atom stereocenters. The molecule has 1 nitrogen and oxygen atoms in total. The maximum absolute atomic E-state index is 7.23. The molecule has 3 rings (SSSR count). The predicted molar refractivity (Wildman–Crippen MR) is 150 cm³/mol. The first-order chi connectivity index (χ1) is 16.1. The summed E-state index contributed by atoms with van der Waals surface area (Å²) >= 11 is 2.31. The van der Waals surface area contributed by atoms with Gasteiger partial charge in [-0.1, -0.05) is 133 Å². The van der Waals surface area contributed by atoms with E-state index >= 15 is 0 Å². The highest BCUT2D eigenvalue weighted by atomic mass is 127. The summed E-state index contributed by atoms with van der Waals surface area (Å²) in [6.07, 6.45) is 6.63. The summed E-state index contributed by atoms with van der Waals surface area (Å²) < 4.78 is 9.32. The second-order valence-corrected chi connectivity index (χ2v) is 9.66. The summed E-state index contributed by atoms with van der Waals surface area (Å²) in [5.41, 5.74) is 4.00. The van der Waals surface area contributed by atoms with Crippen LogP contribution >= 0.6 is 22.6 Å². The lowest BCUT2D eigenvalue weighted by Gasteiger charge is -2.39. The van der Waals surface area contributed by atoms with Crippen LogP contribution in [-0.2, 0) is 10.3 Å². The summed E-state index contributed by atoms with van der Waals surface area (Å²) in [6.45, 7) is 8.51. The van der Waals surface area contributed by atoms with Crippen molar-refractivity contribution in [3.8, 4) is 0 Å². The number of hydrogen-bond acceptors (Lipinski definition) is 1. The monoisotopic (exact) mass is 550 g/mol. The summed E-state index contributed by atoms with van der Waals surface area (Å²) in [5, 5.41) is 0. The molecule has 0 fully saturated rings. The van der Waals surface area contributed by atoms with Crippen LogP contribution in [0, 0.1) is 5.92 Å². The highest BCUT2D eigenvalue weighted by Gasteiger charge is 2.39. The fraction of sp³-hybridized carbons (Fsp3) is 0.290. The zero-order valence-electron chi connectivity index (χ0n) is 19.8. The molecular formula is C31H35IO. The van der Waals surface area contributed by atoms with Crippen molar-refractivity contribution in [2.24, 2.45) is 5.92 Å². The second-order valence-electron chi connectivity index (χ2n) is 8.94. The Bertz CT molecular complexity index is 898. The zero-order valence-corrected chi connectivity index (χ0v) is 21.9. The Kier molecular flexibility index (Phi) is 9.95. The lowest BCUT2D eigenvalue weighted by Crippen LogP contribution is -2.37. The van der Waals surface area contributed by atoms with Gasteiger partial charge in [0.25, 0.3) is 0 Å². The van der Waals surface area contributed by atoms with Gasteiger partial charge < -0.3 is 4.74 Å². The van der Waals surface area contributed by atoms with Gasteiger partial charge in [0, 0.05) is 0 Å². The van der Waals surface area contributed by atoms with Crippen LogP contribution in [0.4, 0.5) is 0 Å². The Morgan fingerprint density at radius 3 is 1.73 bits per heavy atom. The molecule has 0 N–H and O–H groups in total. The third-order valence-electron chi connectivity index (χ3n) is 6.09. The van der Waals surface area contributed by atoms with Crippen LogP contribution in [-0.4, -0.2) is 6.10 Å². The van der Waals surface area contributed by atoms with Crippen LogP contribution in [0.25, 0.3) is 0 Å². The molecule has 0 spiro atoms. The molecule has 0 aliphatic heterocycles. The van der Waals surface area contributed by atoms with Gasteiger partial charge >= 0.3 is 0 Å². The Morgan fingerprint density at radius 2 is 1.33 bits per heavy atom. The number of benzene rings is 3. The van der Waals surface area contributed by atoms with Gasteiger partial charge in [-0.2, -0.15) is 0 Å². The number of allylic oxidation sites excluding steroid dienone is 1. The second kappa shape index (κ2) is 12.9. The number of hydrogen-bond donors (Lipinski definition) is 0. The first kappa shape index (κ1) is 25.5. The smallest absolute Gasteiger partial charge is 0.144 e. The Morgan fingerprint density at radius 1 is 0.879 bits per heavy atom. The van der Waals surface area contributed by atoms with Crippen molar-refractivity contribution >= 4 is 22.6 Å². The first-order valence-corrected chi connectivity index (χ1v) is 13.1. The van der Waals surface area contributed by atoms with E-state index in [4.69, 9.17) is 4.74 Å². The molecule has 0 saturated heterocycles. The largest absolute Gasteiger partial charge is 0.354 e. The molecule has 3 aromatic carbocycles. The number of halogens is 1. The average Bonchev–Trinajstić information content (AvgIpc) is 2.84. The zero-order chi connectivity index (χ0) is 23.5. The highest BCUT2D eigenvalue weighted by molar-refractivity contribution is 14.1. The van der Waals surface area contributed by atoms with E-state index < -0.39 is 5.60 Å². The first-order valence-electron chi connectivity index (χ1n) is 11.8. The van der Waals surface area contributed by atoms with Gasteiger partial charge in [0.1, 0.15) is 5.60 Å². The van der Waals surface area contributed by atoms with Crippen LogP contribution in [0.5, 0.6) is 0 Å². The Balaban J connectivity index is 2.03. The minimum absolute atomic E-state index is 0.0117. The fourth-order valence-electron chi connectivity index (χ4n) is 4.46. The van der Waals surface area contributed by atoms with Crippen molar-refractivity contribution in [3.05, 3.63) is 130 Å². The highest BCUT2D eigenvalue weighted by Crippen LogP contribution is 2.42. The molecule has 33 heavy (non-hydrogen) atoms. The van der Waals surface area contributed by atoms with Crippen molar-refractivity contribution in [1.82, 2.24) is 0 Å². The third-order valence-corrected chi connectivity index (χ3v) is 6.51. The lowest BCUT2D eigenvalue weighted by molar-refractivity contribution is -0.0335. The Hall–Kier alpha value is -2.17. The summed E-state index contributed by atoms with van der Waals surface area (Å²) in [5.74, 6) is 0.557. The molecular weight excluding hydrogens is 515 g/mol. The van der Waals surface area contributed by atoms with E-state index in [9.17, 15) is 0 Å². The van der Waals surface area contributed by atoms with Crippen molar-refractivity contribution in [3.63, 3.8) is 0 Å². The molecule has 2 atom stereocenters. The average molecular weight is 551 g/mol. The van der Waals surface area contributed by atoms with Gasteiger partial charge in [-0.15, -0.1) is 6.58 Å². The van der Waals surface area contributed by atoms with Gasteiger partial charge in [-0.05, 0) is 59.0 Å². The molecule has 0 aliphatic rings. The standard InChI is InChI=1S/C31H35IO/c1-25(2)14-13-15-26(3)24-30(22-23-32)33-31(27-16-7-4-8-17-27,28-18-9-5-10-19-28)29-20-11-6-12-21-29/h4-12,16-23,26,30H,1,13-15,24H2,2-3H3. The van der Waals surface area contributed by atoms with E-state index in [2.05, 4.69) is 144 Å². The molecule has 0 aliphatic carbocycles. The predicted octanol–water partition coefficient (Wildman–Crippen LogP) is 9.09. The van der Waals surface area contributed by atoms with Gasteiger partial charge in [-0.25, -0.2) is 0 Å². The van der Waals surface area contributed by atoms with Crippen molar-refractivity contribution in [2.45, 2.75) is 51.2 Å². The minimum atomic E-state index is -0.692. The summed E-state index contributed by atoms with van der Waals surface area (Å²) in [4.78, 5) is 0. The summed E-state index contributed by atoms with van der Waals surface area (Å²) in [7, 11) is 0. The van der Waals surface area contributed by atoms with Gasteiger partial charge in [0.05, 0.1) is 6.10 Å². The Labute approximate surface area is 213 Å². The topological polar surface area (TPSA) is 9.23 Å². The fourth-order valence-corrected chi connectivity index (χ4v) is 4.93. The number of ether oxygens (including phenoxy) is 1. The molecule has 3 aromatic rings. The molecule has 0 amide bonds. The molecule has 0 bridgehead atoms. The van der Waals surface area contributed by atoms with E-state index in [1.54, 1.807) is 0 Å². The molecule has 0 saturated carbocycles. The minimum Gasteiger partial charge on any atom is -0.354 e. The van der Waals surface area contributed by atoms with E-state index in [1.165, 1.54) is 18.4 Å². The van der Waals surface area contributed by atoms with Gasteiger partial charge in [0.15, 0.2) is 0 Å². The van der Waals surface area contributed by atoms with Crippen LogP contribution in [0.2, 0.25) is 0 Å². The molecule has 172 valence electrons. The summed E-state index contributed by atoms with van der Waals surface area (Å²) in [6, 6.07) is 31.9. The van der Waals surface area contributed by atoms with E-state index in [1.807, 2.05) is 0 Å². The van der Waals surface area contributed by atoms with Crippen LogP contribution in [0.1, 0.15) is 56.2 Å². The van der Waals surface area contributed by atoms with Crippen molar-refractivity contribution < 1.29 is 4.74 Å². The normalized spacial score (nSPS) is 13.7. The van der Waals surface area contributed by atoms with Crippen LogP contribution in [0.15, 0.2) is 113 Å². The molecule has 2 heteroatoms. The number of rotatable bonds is 12. The quantitative estimate of drug-likeness (QED) is 0.124. The van der Waals surface area contributed by atoms with Gasteiger partial charge in [0.2, 0.25) is 0 Å². The van der Waals surface area contributed by atoms with Gasteiger partial charge in [-0.3, -0.25) is 0 Å². The third kappa shape index (κ3) is 6.91. The molecule has 0 radical (unpaired) electrons. The van der Waals surface area contributed by atoms with Crippen molar-refractivity contribution in [1.29, 1.82) is 0 Å². The van der Waals surface area contributed by atoms with Crippen molar-refractivity contribution in [2.75, 3.05) is 0 Å². The van der Waals surface area contributed by atoms with Crippen LogP contribution < -0.4 is 0 Å². The maximum Gasteiger partial charge on any atom is 0.144 e. The van der Waals surface area contributed by atoms with E-state index in [-0.39, 0.29) is 6.10 Å². The van der Waals surface area contributed by atoms with E-state index in [0.717, 1.165) is 29.5 Å². The SMILES string of the molecule is C=C(C)CCCC(C)CC(C=CI)OC(c1ccccc1)(c1ccccc1)c1ccccc1. The lowest BCUT2D eigenvalue weighted by atomic mass is 9.79. The molecule has 0 aromatic heterocycles. The van der Waals surface area contributed by atoms with Crippen LogP contribution in [0.3, 0.4) is 0 Å². The van der Waals surface area contributed by atoms with E-state index in [0.29, 0.717) is 5.92 Å². The maximum atomic E-state index is 7.23.